The minimum absolute atomic E-state index is 0.0452. The highest BCUT2D eigenvalue weighted by molar-refractivity contribution is 6.28. The monoisotopic (exact) mass is 1010 g/mol. The zero-order valence-corrected chi connectivity index (χ0v) is 41.3. The summed E-state index contributed by atoms with van der Waals surface area (Å²) in [6.45, 7) is 8.00. The van der Waals surface area contributed by atoms with Gasteiger partial charge in [0.2, 0.25) is 29.5 Å². The van der Waals surface area contributed by atoms with Crippen LogP contribution in [-0.2, 0) is 40.1 Å². The molecule has 0 saturated carbocycles. The molecule has 0 unspecified atom stereocenters. The van der Waals surface area contributed by atoms with Gasteiger partial charge in [-0.3, -0.25) is 33.6 Å². The fraction of sp³-hybridized carbons (Fsp3) is 0.392. The molecule has 0 spiro atoms. The number of carbonyl (C=O) groups excluding carboxylic acids is 8. The maximum absolute atomic E-state index is 15.1. The van der Waals surface area contributed by atoms with Crippen LogP contribution in [0.3, 0.4) is 0 Å². The van der Waals surface area contributed by atoms with E-state index in [-0.39, 0.29) is 74.5 Å². The molecule has 1 aliphatic rings. The summed E-state index contributed by atoms with van der Waals surface area (Å²) >= 11 is 0. The lowest BCUT2D eigenvalue weighted by molar-refractivity contribution is -0.140. The van der Waals surface area contributed by atoms with E-state index in [0.29, 0.717) is 5.82 Å². The lowest BCUT2D eigenvalue weighted by Gasteiger charge is -2.40. The number of aliphatic hydroxyl groups is 1. The first kappa shape index (κ1) is 56.1. The van der Waals surface area contributed by atoms with Crippen LogP contribution in [0.15, 0.2) is 91.1 Å². The van der Waals surface area contributed by atoms with Gasteiger partial charge in [-0.1, -0.05) is 65.0 Å². The first-order valence-corrected chi connectivity index (χ1v) is 23.7. The minimum Gasteiger partial charge on any atom is -0.387 e. The number of urea groups is 1. The Bertz CT molecular complexity index is 2650. The van der Waals surface area contributed by atoms with Crippen LogP contribution in [0.4, 0.5) is 25.0 Å². The number of nitrogens with zero attached hydrogens (tertiary/aromatic N) is 4. The molecule has 10 N–H and O–H groups in total. The summed E-state index contributed by atoms with van der Waals surface area (Å²) in [6, 6.07) is 13.0. The summed E-state index contributed by atoms with van der Waals surface area (Å²) in [6.07, 6.45) is 3.74. The normalized spacial score (nSPS) is 14.0. The van der Waals surface area contributed by atoms with Crippen molar-refractivity contribution in [2.75, 3.05) is 36.5 Å². The number of halogens is 2. The maximum Gasteiger partial charge on any atom is 0.312 e. The van der Waals surface area contributed by atoms with Gasteiger partial charge in [-0.2, -0.15) is 0 Å². The molecular weight excluding hydrogens is 949 g/mol. The number of hydrogen-bond donors (Lipinski definition) is 8. The largest absolute Gasteiger partial charge is 0.387 e. The second-order valence-corrected chi connectivity index (χ2v) is 18.8. The molecule has 4 atom stereocenters. The van der Waals surface area contributed by atoms with E-state index in [9.17, 15) is 47.9 Å². The van der Waals surface area contributed by atoms with Gasteiger partial charge in [0, 0.05) is 62.2 Å². The fourth-order valence-corrected chi connectivity index (χ4v) is 8.11. The van der Waals surface area contributed by atoms with E-state index < -0.39 is 101 Å². The van der Waals surface area contributed by atoms with Crippen LogP contribution < -0.4 is 43.0 Å². The third-order valence-corrected chi connectivity index (χ3v) is 11.8. The minimum atomic E-state index is -1.21. The summed E-state index contributed by atoms with van der Waals surface area (Å²) in [4.78, 5) is 110. The Kier molecular flexibility index (Phi) is 19.6. The van der Waals surface area contributed by atoms with Crippen molar-refractivity contribution in [3.63, 3.8) is 0 Å². The van der Waals surface area contributed by atoms with Gasteiger partial charge in [0.25, 0.3) is 11.8 Å². The van der Waals surface area contributed by atoms with Crippen molar-refractivity contribution >= 4 is 58.8 Å². The molecule has 2 heterocycles. The molecule has 4 aromatic rings. The van der Waals surface area contributed by atoms with Crippen molar-refractivity contribution in [1.29, 1.82) is 0 Å². The van der Waals surface area contributed by atoms with E-state index in [2.05, 4.69) is 26.6 Å². The molecule has 0 bridgehead atoms. The van der Waals surface area contributed by atoms with E-state index in [4.69, 9.17) is 16.5 Å². The number of nitrogens with two attached hydrogens (primary N) is 2. The van der Waals surface area contributed by atoms with Gasteiger partial charge < -0.3 is 52.6 Å². The standard InChI is InChI=1S/C51H63F2N11O9/c1-30(2)44(49(72)60-38(12-9-23-57-50(55)73)48(71)58-33-14-16-34(17-15-33)64-41(67)19-20-42(64)68)61-40(66)21-24-56-47(70)37(54)22-25-63(43(69)29-65)45(51(3,4)5)46-59-39(35-26-32(52)13-18-36(35)53)28-62(46)27-31-10-7-6-8-11-31/h6-8,10-11,13-20,26,28,30,37-38,44-45,65H,9,12,21-25,27,29,54H2,1-5H3,(H,56,70)(H,58,71)(H,60,72)(H,61,66)(H3,55,57,73)/t37-,38-,44-,45-/m0/s1. The molecule has 22 heteroatoms. The molecule has 0 fully saturated rings. The third kappa shape index (κ3) is 15.6. The summed E-state index contributed by atoms with van der Waals surface area (Å²) in [5.74, 6) is -5.88. The topological polar surface area (TPSA) is 293 Å². The predicted octanol–water partition coefficient (Wildman–Crippen LogP) is 3.15. The van der Waals surface area contributed by atoms with Crippen molar-refractivity contribution in [1.82, 2.24) is 35.7 Å². The Morgan fingerprint density at radius 3 is 2.12 bits per heavy atom. The SMILES string of the molecule is CC(C)[C@H](NC(=O)CCNC(=O)[C@@H](N)CCN(C(=O)CO)[C@@H](c1nc(-c2cc(F)ccc2F)cn1Cc1ccccc1)C(C)(C)C)C(=O)N[C@@H](CCCNC(N)=O)C(=O)Nc1ccc(N2C(=O)C=CC2=O)cc1. The molecular formula is C51H63F2N11O9. The van der Waals surface area contributed by atoms with Crippen LogP contribution in [-0.4, -0.2) is 111 Å². The average molecular weight is 1010 g/mol. The Balaban J connectivity index is 1.21. The molecule has 73 heavy (non-hydrogen) atoms. The van der Waals surface area contributed by atoms with Gasteiger partial charge in [0.05, 0.1) is 23.5 Å². The Morgan fingerprint density at radius 1 is 0.836 bits per heavy atom. The Morgan fingerprint density at radius 2 is 1.51 bits per heavy atom. The van der Waals surface area contributed by atoms with Crippen molar-refractivity contribution in [2.45, 2.75) is 91.0 Å². The molecule has 9 amide bonds. The number of nitrogens with one attached hydrogen (secondary N) is 5. The van der Waals surface area contributed by atoms with Crippen LogP contribution in [0.25, 0.3) is 11.3 Å². The number of anilines is 2. The molecule has 0 aliphatic carbocycles. The van der Waals surface area contributed by atoms with Crippen molar-refractivity contribution in [3.8, 4) is 11.3 Å². The van der Waals surface area contributed by atoms with Crippen LogP contribution >= 0.6 is 0 Å². The van der Waals surface area contributed by atoms with E-state index in [1.165, 1.54) is 29.2 Å². The number of amides is 9. The van der Waals surface area contributed by atoms with Crippen LogP contribution in [0.5, 0.6) is 0 Å². The first-order valence-electron chi connectivity index (χ1n) is 23.7. The van der Waals surface area contributed by atoms with Gasteiger partial charge in [0.1, 0.15) is 36.1 Å². The number of aromatic nitrogens is 2. The molecule has 1 aromatic heterocycles. The predicted molar refractivity (Wildman–Crippen MR) is 267 cm³/mol. The molecule has 390 valence electrons. The van der Waals surface area contributed by atoms with Crippen molar-refractivity contribution in [2.24, 2.45) is 22.8 Å². The highest BCUT2D eigenvalue weighted by Crippen LogP contribution is 2.39. The molecule has 3 aromatic carbocycles. The molecule has 0 radical (unpaired) electrons. The van der Waals surface area contributed by atoms with Gasteiger partial charge in [-0.15, -0.1) is 0 Å². The molecule has 1 aliphatic heterocycles. The van der Waals surface area contributed by atoms with Gasteiger partial charge in [0.15, 0.2) is 0 Å². The van der Waals surface area contributed by atoms with Gasteiger partial charge in [-0.05, 0) is 78.6 Å². The van der Waals surface area contributed by atoms with E-state index in [0.717, 1.165) is 40.8 Å². The van der Waals surface area contributed by atoms with E-state index in [1.54, 1.807) is 24.6 Å². The number of hydrogen-bond acceptors (Lipinski definition) is 11. The van der Waals surface area contributed by atoms with Crippen molar-refractivity contribution < 1.29 is 52.2 Å². The number of imidazole rings is 1. The number of carbonyl (C=O) groups is 8. The van der Waals surface area contributed by atoms with Gasteiger partial charge in [-0.25, -0.2) is 23.5 Å². The number of imide groups is 1. The van der Waals surface area contributed by atoms with Crippen molar-refractivity contribution in [3.05, 3.63) is 114 Å². The number of benzene rings is 3. The second kappa shape index (κ2) is 25.5. The third-order valence-electron chi connectivity index (χ3n) is 11.8. The summed E-state index contributed by atoms with van der Waals surface area (Å²) in [5.41, 5.74) is 12.2. The number of aliphatic hydroxyl groups excluding tert-OH is 1. The molecule has 20 nitrogen and oxygen atoms in total. The number of primary amides is 1. The van der Waals surface area contributed by atoms with E-state index in [1.807, 2.05) is 51.1 Å². The molecule has 0 saturated heterocycles. The lowest BCUT2D eigenvalue weighted by Crippen LogP contribution is -2.55. The van der Waals surface area contributed by atoms with E-state index >= 15 is 4.39 Å². The first-order chi connectivity index (χ1) is 34.6. The summed E-state index contributed by atoms with van der Waals surface area (Å²) in [5, 5.41) is 23.3. The second-order valence-electron chi connectivity index (χ2n) is 18.8. The quantitative estimate of drug-likeness (QED) is 0.0373. The summed E-state index contributed by atoms with van der Waals surface area (Å²) in [7, 11) is 0. The maximum atomic E-state index is 15.1. The van der Waals surface area contributed by atoms with Crippen LogP contribution in [0, 0.1) is 23.0 Å². The Labute approximate surface area is 421 Å². The zero-order chi connectivity index (χ0) is 53.6. The average Bonchev–Trinajstić information content (AvgIpc) is 3.90. The molecule has 5 rings (SSSR count). The highest BCUT2D eigenvalue weighted by Gasteiger charge is 2.39. The summed E-state index contributed by atoms with van der Waals surface area (Å²) < 4.78 is 31.3. The number of rotatable bonds is 24. The lowest BCUT2D eigenvalue weighted by atomic mass is 9.84. The highest BCUT2D eigenvalue weighted by atomic mass is 19.1. The smallest absolute Gasteiger partial charge is 0.312 e. The van der Waals surface area contributed by atoms with Crippen LogP contribution in [0.1, 0.15) is 77.7 Å². The van der Waals surface area contributed by atoms with Crippen LogP contribution in [0.2, 0.25) is 0 Å². The fourth-order valence-electron chi connectivity index (χ4n) is 8.11. The zero-order valence-electron chi connectivity index (χ0n) is 41.3. The Hall–Kier alpha value is -7.85. The van der Waals surface area contributed by atoms with Gasteiger partial charge >= 0.3 is 6.03 Å².